The molecule has 19 heavy (non-hydrogen) atoms. The summed E-state index contributed by atoms with van der Waals surface area (Å²) in [6.07, 6.45) is 4.26. The molecule has 2 aromatic rings. The van der Waals surface area contributed by atoms with E-state index < -0.39 is 0 Å². The van der Waals surface area contributed by atoms with E-state index in [1.165, 1.54) is 35.1 Å². The number of nitrogens with one attached hydrogen (secondary N) is 2. The van der Waals surface area contributed by atoms with Crippen molar-refractivity contribution in [1.82, 2.24) is 4.98 Å². The Balaban J connectivity index is 1.61. The molecule has 1 aliphatic rings. The van der Waals surface area contributed by atoms with E-state index in [0.717, 1.165) is 0 Å². The van der Waals surface area contributed by atoms with Gasteiger partial charge in [-0.25, -0.2) is 9.78 Å². The molecule has 0 aliphatic heterocycles. The largest absolute Gasteiger partial charge is 0.508 e. The average Bonchev–Trinajstić information content (AvgIpc) is 3.11. The van der Waals surface area contributed by atoms with Crippen molar-refractivity contribution in [3.05, 3.63) is 35.3 Å². The van der Waals surface area contributed by atoms with Crippen LogP contribution < -0.4 is 10.6 Å². The van der Waals surface area contributed by atoms with Gasteiger partial charge in [0.15, 0.2) is 5.13 Å². The summed E-state index contributed by atoms with van der Waals surface area (Å²) in [4.78, 5) is 17.2. The molecule has 0 atom stereocenters. The minimum atomic E-state index is -0.359. The summed E-state index contributed by atoms with van der Waals surface area (Å²) in [5, 5.41) is 15.2. The van der Waals surface area contributed by atoms with Crippen molar-refractivity contribution in [2.45, 2.75) is 18.8 Å². The maximum absolute atomic E-state index is 11.8. The molecular formula is C13H13N3O2S. The maximum atomic E-state index is 11.8. The van der Waals surface area contributed by atoms with Gasteiger partial charge in [0.1, 0.15) is 5.75 Å². The van der Waals surface area contributed by atoms with E-state index in [1.807, 2.05) is 6.20 Å². The van der Waals surface area contributed by atoms with Crippen molar-refractivity contribution in [3.63, 3.8) is 0 Å². The van der Waals surface area contributed by atoms with E-state index in [0.29, 0.717) is 16.7 Å². The highest BCUT2D eigenvalue weighted by molar-refractivity contribution is 7.15. The summed E-state index contributed by atoms with van der Waals surface area (Å²) in [6, 6.07) is 6.04. The summed E-state index contributed by atoms with van der Waals surface area (Å²) in [5.41, 5.74) is 0.538. The number of urea groups is 1. The zero-order chi connectivity index (χ0) is 13.2. The Hall–Kier alpha value is -2.08. The second-order valence-corrected chi connectivity index (χ2v) is 5.53. The molecule has 0 saturated heterocycles. The minimum absolute atomic E-state index is 0.114. The van der Waals surface area contributed by atoms with Gasteiger partial charge in [0, 0.05) is 22.8 Å². The SMILES string of the molecule is O=C(Nc1cccc(O)c1)Nc1ncc(C2CC2)s1. The van der Waals surface area contributed by atoms with Gasteiger partial charge < -0.3 is 10.4 Å². The van der Waals surface area contributed by atoms with Crippen molar-refractivity contribution in [3.8, 4) is 5.75 Å². The van der Waals surface area contributed by atoms with E-state index in [2.05, 4.69) is 15.6 Å². The van der Waals surface area contributed by atoms with Crippen molar-refractivity contribution in [1.29, 1.82) is 0 Å². The molecule has 0 radical (unpaired) electrons. The topological polar surface area (TPSA) is 74.2 Å². The number of aromatic nitrogens is 1. The first-order valence-electron chi connectivity index (χ1n) is 6.03. The zero-order valence-corrected chi connectivity index (χ0v) is 10.9. The number of aromatic hydroxyl groups is 1. The maximum Gasteiger partial charge on any atom is 0.325 e. The number of phenols is 1. The van der Waals surface area contributed by atoms with Crippen LogP contribution in [0.15, 0.2) is 30.5 Å². The molecule has 3 N–H and O–H groups in total. The molecule has 1 heterocycles. The molecule has 0 unspecified atom stereocenters. The fourth-order valence-electron chi connectivity index (χ4n) is 1.74. The van der Waals surface area contributed by atoms with Crippen molar-refractivity contribution in [2.75, 3.05) is 10.6 Å². The number of hydrogen-bond donors (Lipinski definition) is 3. The quantitative estimate of drug-likeness (QED) is 0.804. The second kappa shape index (κ2) is 4.89. The number of carbonyl (C=O) groups excluding carboxylic acids is 1. The molecule has 1 fully saturated rings. The van der Waals surface area contributed by atoms with Gasteiger partial charge in [-0.15, -0.1) is 11.3 Å². The highest BCUT2D eigenvalue weighted by Crippen LogP contribution is 2.43. The normalized spacial score (nSPS) is 14.1. The Bertz CT molecular complexity index is 607. The Morgan fingerprint density at radius 1 is 1.37 bits per heavy atom. The Labute approximate surface area is 114 Å². The van der Waals surface area contributed by atoms with E-state index in [9.17, 15) is 9.90 Å². The highest BCUT2D eigenvalue weighted by atomic mass is 32.1. The van der Waals surface area contributed by atoms with Gasteiger partial charge in [-0.05, 0) is 30.9 Å². The van der Waals surface area contributed by atoms with Crippen LogP contribution in [0.25, 0.3) is 0 Å². The van der Waals surface area contributed by atoms with Crippen LogP contribution in [0.5, 0.6) is 5.75 Å². The molecule has 1 aliphatic carbocycles. The van der Waals surface area contributed by atoms with Gasteiger partial charge in [0.05, 0.1) is 0 Å². The first kappa shape index (κ1) is 12.0. The third-order valence-corrected chi connectivity index (χ3v) is 3.90. The number of rotatable bonds is 3. The summed E-state index contributed by atoms with van der Waals surface area (Å²) in [7, 11) is 0. The van der Waals surface area contributed by atoms with Crippen LogP contribution in [-0.2, 0) is 0 Å². The van der Waals surface area contributed by atoms with Crippen molar-refractivity contribution >= 4 is 28.2 Å². The molecule has 0 spiro atoms. The Morgan fingerprint density at radius 2 is 2.21 bits per heavy atom. The van der Waals surface area contributed by atoms with E-state index in [4.69, 9.17) is 0 Å². The summed E-state index contributed by atoms with van der Waals surface area (Å²) < 4.78 is 0. The molecule has 1 aromatic carbocycles. The Kier molecular flexibility index (Phi) is 3.08. The number of benzene rings is 1. The first-order valence-corrected chi connectivity index (χ1v) is 6.85. The molecule has 3 rings (SSSR count). The first-order chi connectivity index (χ1) is 9.20. The predicted molar refractivity (Wildman–Crippen MR) is 74.8 cm³/mol. The number of carbonyl (C=O) groups is 1. The molecule has 5 nitrogen and oxygen atoms in total. The number of anilines is 2. The van der Waals surface area contributed by atoms with Crippen LogP contribution in [0.3, 0.4) is 0 Å². The van der Waals surface area contributed by atoms with Gasteiger partial charge in [-0.2, -0.15) is 0 Å². The van der Waals surface area contributed by atoms with E-state index in [1.54, 1.807) is 18.2 Å². The smallest absolute Gasteiger partial charge is 0.325 e. The molecule has 1 aromatic heterocycles. The number of hydrogen-bond acceptors (Lipinski definition) is 4. The van der Waals surface area contributed by atoms with Crippen LogP contribution in [0.2, 0.25) is 0 Å². The van der Waals surface area contributed by atoms with Crippen LogP contribution in [-0.4, -0.2) is 16.1 Å². The van der Waals surface area contributed by atoms with Gasteiger partial charge in [0.2, 0.25) is 0 Å². The zero-order valence-electron chi connectivity index (χ0n) is 10.1. The minimum Gasteiger partial charge on any atom is -0.508 e. The van der Waals surface area contributed by atoms with Crippen LogP contribution in [0.1, 0.15) is 23.6 Å². The molecular weight excluding hydrogens is 262 g/mol. The number of thiazole rings is 1. The van der Waals surface area contributed by atoms with Gasteiger partial charge >= 0.3 is 6.03 Å². The van der Waals surface area contributed by atoms with E-state index >= 15 is 0 Å². The lowest BCUT2D eigenvalue weighted by Gasteiger charge is -2.05. The monoisotopic (exact) mass is 275 g/mol. The summed E-state index contributed by atoms with van der Waals surface area (Å²) in [5.74, 6) is 0.755. The number of phenolic OH excluding ortho intramolecular Hbond substituents is 1. The standard InChI is InChI=1S/C13H13N3O2S/c17-10-3-1-2-9(6-10)15-12(18)16-13-14-7-11(19-13)8-4-5-8/h1-3,6-8,17H,4-5H2,(H2,14,15,16,18). The number of nitrogens with zero attached hydrogens (tertiary/aromatic N) is 1. The molecule has 1 saturated carbocycles. The lowest BCUT2D eigenvalue weighted by atomic mass is 10.3. The lowest BCUT2D eigenvalue weighted by molar-refractivity contribution is 0.262. The highest BCUT2D eigenvalue weighted by Gasteiger charge is 2.25. The third kappa shape index (κ3) is 3.03. The summed E-state index contributed by atoms with van der Waals surface area (Å²) >= 11 is 1.51. The van der Waals surface area contributed by atoms with Crippen LogP contribution >= 0.6 is 11.3 Å². The molecule has 98 valence electrons. The second-order valence-electron chi connectivity index (χ2n) is 4.47. The Morgan fingerprint density at radius 3 is 2.95 bits per heavy atom. The number of amides is 2. The predicted octanol–water partition coefficient (Wildman–Crippen LogP) is 3.37. The molecule has 6 heteroatoms. The molecule has 0 bridgehead atoms. The third-order valence-electron chi connectivity index (χ3n) is 2.83. The average molecular weight is 275 g/mol. The van der Waals surface area contributed by atoms with Gasteiger partial charge in [-0.1, -0.05) is 6.07 Å². The fraction of sp³-hybridized carbons (Fsp3) is 0.231. The lowest BCUT2D eigenvalue weighted by Crippen LogP contribution is -2.19. The van der Waals surface area contributed by atoms with Gasteiger partial charge in [-0.3, -0.25) is 5.32 Å². The summed E-state index contributed by atoms with van der Waals surface area (Å²) in [6.45, 7) is 0. The van der Waals surface area contributed by atoms with Crippen molar-refractivity contribution < 1.29 is 9.90 Å². The van der Waals surface area contributed by atoms with Crippen LogP contribution in [0.4, 0.5) is 15.6 Å². The van der Waals surface area contributed by atoms with Crippen LogP contribution in [0, 0.1) is 0 Å². The van der Waals surface area contributed by atoms with E-state index in [-0.39, 0.29) is 11.8 Å². The van der Waals surface area contributed by atoms with Crippen molar-refractivity contribution in [2.24, 2.45) is 0 Å². The molecule has 2 amide bonds. The fourth-order valence-corrected chi connectivity index (χ4v) is 2.72. The van der Waals surface area contributed by atoms with Gasteiger partial charge in [0.25, 0.3) is 0 Å².